The molecule has 2 N–H and O–H groups in total. The second-order valence-electron chi connectivity index (χ2n) is 8.41. The number of hydrogen-bond acceptors (Lipinski definition) is 7. The largest absolute Gasteiger partial charge is 0.478 e. The minimum Gasteiger partial charge on any atom is -0.478 e. The molecule has 0 saturated heterocycles. The van der Waals surface area contributed by atoms with Gasteiger partial charge in [-0.05, 0) is 62.6 Å². The lowest BCUT2D eigenvalue weighted by Gasteiger charge is -2.12. The molecule has 0 aliphatic rings. The number of ether oxygens (including phenoxy) is 1. The SMILES string of the molecule is CC(=O)Nc1ccc(Nc2nn3c(-c4ccc(OCN(C)C)cc4)nnc3c3ccccc23)cc1. The van der Waals surface area contributed by atoms with Crippen molar-refractivity contribution in [3.8, 4) is 17.1 Å². The maximum Gasteiger partial charge on any atom is 0.221 e. The van der Waals surface area contributed by atoms with E-state index in [1.807, 2.05) is 91.8 Å². The molecule has 0 aliphatic carbocycles. The van der Waals surface area contributed by atoms with Gasteiger partial charge >= 0.3 is 0 Å². The van der Waals surface area contributed by atoms with Crippen LogP contribution in [0.1, 0.15) is 6.92 Å². The Morgan fingerprint density at radius 2 is 1.60 bits per heavy atom. The summed E-state index contributed by atoms with van der Waals surface area (Å²) in [7, 11) is 3.91. The molecule has 9 heteroatoms. The highest BCUT2D eigenvalue weighted by molar-refractivity contribution is 6.01. The highest BCUT2D eigenvalue weighted by atomic mass is 16.5. The number of benzene rings is 3. The van der Waals surface area contributed by atoms with Crippen molar-refractivity contribution in [3.63, 3.8) is 0 Å². The Hall–Kier alpha value is -4.50. The third-order valence-corrected chi connectivity index (χ3v) is 5.33. The predicted molar refractivity (Wildman–Crippen MR) is 137 cm³/mol. The van der Waals surface area contributed by atoms with Crippen molar-refractivity contribution in [3.05, 3.63) is 72.8 Å². The summed E-state index contributed by atoms with van der Waals surface area (Å²) in [6.07, 6.45) is 0. The molecule has 2 heterocycles. The van der Waals surface area contributed by atoms with Gasteiger partial charge in [0.15, 0.2) is 17.3 Å². The van der Waals surface area contributed by atoms with E-state index in [9.17, 15) is 4.79 Å². The van der Waals surface area contributed by atoms with Crippen LogP contribution in [0.15, 0.2) is 72.8 Å². The van der Waals surface area contributed by atoms with Crippen LogP contribution in [0.3, 0.4) is 0 Å². The second-order valence-corrected chi connectivity index (χ2v) is 8.41. The summed E-state index contributed by atoms with van der Waals surface area (Å²) < 4.78 is 7.49. The molecule has 0 atom stereocenters. The first-order chi connectivity index (χ1) is 17.0. The van der Waals surface area contributed by atoms with Crippen LogP contribution in [-0.4, -0.2) is 51.4 Å². The molecule has 35 heavy (non-hydrogen) atoms. The van der Waals surface area contributed by atoms with Gasteiger partial charge in [-0.25, -0.2) is 0 Å². The van der Waals surface area contributed by atoms with Crippen molar-refractivity contribution < 1.29 is 9.53 Å². The van der Waals surface area contributed by atoms with Gasteiger partial charge in [0.1, 0.15) is 12.5 Å². The van der Waals surface area contributed by atoms with Crippen LogP contribution in [0.2, 0.25) is 0 Å². The first-order valence-electron chi connectivity index (χ1n) is 11.1. The fourth-order valence-corrected chi connectivity index (χ4v) is 3.73. The summed E-state index contributed by atoms with van der Waals surface area (Å²) in [5.74, 6) is 1.97. The summed E-state index contributed by atoms with van der Waals surface area (Å²) in [5, 5.41) is 21.8. The number of rotatable bonds is 7. The van der Waals surface area contributed by atoms with E-state index in [4.69, 9.17) is 9.84 Å². The quantitative estimate of drug-likeness (QED) is 0.339. The van der Waals surface area contributed by atoms with Crippen LogP contribution in [0, 0.1) is 0 Å². The van der Waals surface area contributed by atoms with Gasteiger partial charge in [0.05, 0.1) is 0 Å². The van der Waals surface area contributed by atoms with E-state index >= 15 is 0 Å². The van der Waals surface area contributed by atoms with E-state index in [2.05, 4.69) is 20.8 Å². The van der Waals surface area contributed by atoms with Gasteiger partial charge in [0.25, 0.3) is 0 Å². The van der Waals surface area contributed by atoms with Gasteiger partial charge in [-0.3, -0.25) is 9.69 Å². The Kier molecular flexibility index (Phi) is 5.99. The maximum absolute atomic E-state index is 11.3. The second kappa shape index (κ2) is 9.40. The molecule has 0 aliphatic heterocycles. The zero-order chi connectivity index (χ0) is 24.4. The van der Waals surface area contributed by atoms with Crippen LogP contribution >= 0.6 is 0 Å². The molecule has 0 saturated carbocycles. The van der Waals surface area contributed by atoms with Crippen molar-refractivity contribution >= 4 is 39.5 Å². The molecule has 1 amide bonds. The number of hydrogen-bond donors (Lipinski definition) is 2. The summed E-state index contributed by atoms with van der Waals surface area (Å²) in [4.78, 5) is 13.3. The lowest BCUT2D eigenvalue weighted by Crippen LogP contribution is -2.18. The van der Waals surface area contributed by atoms with E-state index in [0.29, 0.717) is 24.0 Å². The molecular formula is C26H25N7O2. The van der Waals surface area contributed by atoms with Crippen molar-refractivity contribution in [1.29, 1.82) is 0 Å². The third kappa shape index (κ3) is 4.75. The van der Waals surface area contributed by atoms with E-state index in [1.165, 1.54) is 6.92 Å². The molecule has 0 unspecified atom stereocenters. The Balaban J connectivity index is 1.52. The van der Waals surface area contributed by atoms with Crippen LogP contribution in [-0.2, 0) is 4.79 Å². The van der Waals surface area contributed by atoms with Gasteiger partial charge in [0.2, 0.25) is 5.91 Å². The number of nitrogens with one attached hydrogen (secondary N) is 2. The highest BCUT2D eigenvalue weighted by Gasteiger charge is 2.16. The normalized spacial score (nSPS) is 11.2. The van der Waals surface area contributed by atoms with Gasteiger partial charge in [-0.1, -0.05) is 24.3 Å². The minimum absolute atomic E-state index is 0.110. The van der Waals surface area contributed by atoms with E-state index in [-0.39, 0.29) is 5.91 Å². The zero-order valence-electron chi connectivity index (χ0n) is 19.7. The summed E-state index contributed by atoms with van der Waals surface area (Å²) in [6, 6.07) is 23.1. The number of carbonyl (C=O) groups excluding carboxylic acids is 1. The molecule has 5 rings (SSSR count). The average molecular weight is 468 g/mol. The average Bonchev–Trinajstić information content (AvgIpc) is 3.28. The molecule has 9 nitrogen and oxygen atoms in total. The van der Waals surface area contributed by atoms with Crippen molar-refractivity contribution in [2.75, 3.05) is 31.5 Å². The van der Waals surface area contributed by atoms with E-state index in [1.54, 1.807) is 4.52 Å². The first-order valence-corrected chi connectivity index (χ1v) is 11.1. The molecule has 0 bridgehead atoms. The standard InChI is InChI=1S/C26H25N7O2/c1-17(34)27-19-10-12-20(13-11-19)28-24-22-6-4-5-7-23(22)26-30-29-25(33(26)31-24)18-8-14-21(15-9-18)35-16-32(2)3/h4-15H,16H2,1-3H3,(H,27,34)(H,28,31). The first kappa shape index (κ1) is 22.3. The number of amides is 1. The fraction of sp³-hybridized carbons (Fsp3) is 0.154. The van der Waals surface area contributed by atoms with Crippen LogP contribution in [0.25, 0.3) is 27.8 Å². The number of fused-ring (bicyclic) bond motifs is 3. The highest BCUT2D eigenvalue weighted by Crippen LogP contribution is 2.30. The Bertz CT molecular complexity index is 1490. The van der Waals surface area contributed by atoms with Gasteiger partial charge in [0, 0.05) is 34.6 Å². The van der Waals surface area contributed by atoms with Crippen molar-refractivity contribution in [1.82, 2.24) is 24.7 Å². The lowest BCUT2D eigenvalue weighted by molar-refractivity contribution is -0.114. The molecule has 5 aromatic rings. The topological polar surface area (TPSA) is 96.7 Å². The lowest BCUT2D eigenvalue weighted by atomic mass is 10.1. The summed E-state index contributed by atoms with van der Waals surface area (Å²) in [6.45, 7) is 1.99. The molecule has 176 valence electrons. The molecule has 3 aromatic carbocycles. The van der Waals surface area contributed by atoms with Crippen LogP contribution < -0.4 is 15.4 Å². The summed E-state index contributed by atoms with van der Waals surface area (Å²) >= 11 is 0. The van der Waals surface area contributed by atoms with E-state index in [0.717, 1.165) is 33.5 Å². The molecule has 0 fully saturated rings. The van der Waals surface area contributed by atoms with Gasteiger partial charge < -0.3 is 15.4 Å². The van der Waals surface area contributed by atoms with Gasteiger partial charge in [-0.2, -0.15) is 4.52 Å². The monoisotopic (exact) mass is 467 g/mol. The van der Waals surface area contributed by atoms with Gasteiger partial charge in [-0.15, -0.1) is 15.3 Å². The Morgan fingerprint density at radius 1 is 0.914 bits per heavy atom. The van der Waals surface area contributed by atoms with Crippen molar-refractivity contribution in [2.24, 2.45) is 0 Å². The Labute approximate surface area is 202 Å². The third-order valence-electron chi connectivity index (χ3n) is 5.33. The van der Waals surface area contributed by atoms with Crippen LogP contribution in [0.5, 0.6) is 5.75 Å². The van der Waals surface area contributed by atoms with E-state index < -0.39 is 0 Å². The zero-order valence-corrected chi connectivity index (χ0v) is 19.7. The number of anilines is 3. The molecule has 2 aromatic heterocycles. The molecule has 0 radical (unpaired) electrons. The predicted octanol–water partition coefficient (Wildman–Crippen LogP) is 4.54. The van der Waals surface area contributed by atoms with Crippen LogP contribution in [0.4, 0.5) is 17.2 Å². The minimum atomic E-state index is -0.110. The maximum atomic E-state index is 11.3. The fourth-order valence-electron chi connectivity index (χ4n) is 3.73. The molecular weight excluding hydrogens is 442 g/mol. The smallest absolute Gasteiger partial charge is 0.221 e. The number of carbonyl (C=O) groups is 1. The number of aromatic nitrogens is 4. The Morgan fingerprint density at radius 3 is 2.29 bits per heavy atom. The number of nitrogens with zero attached hydrogens (tertiary/aromatic N) is 5. The molecule has 0 spiro atoms. The summed E-state index contributed by atoms with van der Waals surface area (Å²) in [5.41, 5.74) is 3.13. The van der Waals surface area contributed by atoms with Crippen molar-refractivity contribution in [2.45, 2.75) is 6.92 Å².